The molecule has 1 unspecified atom stereocenters. The first-order valence-electron chi connectivity index (χ1n) is 5.76. The predicted octanol–water partition coefficient (Wildman–Crippen LogP) is 3.57. The van der Waals surface area contributed by atoms with E-state index >= 15 is 0 Å². The number of benzene rings is 1. The molecular formula is C12H14ClF3O3S. The Morgan fingerprint density at radius 2 is 1.80 bits per heavy atom. The van der Waals surface area contributed by atoms with E-state index < -0.39 is 28.2 Å². The SMILES string of the molecule is Cc1ccc(C(OS(=O)(=O)CCCCl)C(F)(F)F)cc1. The molecule has 0 amide bonds. The summed E-state index contributed by atoms with van der Waals surface area (Å²) in [6.07, 6.45) is -7.28. The van der Waals surface area contributed by atoms with Gasteiger partial charge in [-0.15, -0.1) is 11.6 Å². The Hall–Kier alpha value is -0.790. The lowest BCUT2D eigenvalue weighted by Gasteiger charge is -2.20. The van der Waals surface area contributed by atoms with Crippen LogP contribution in [0.25, 0.3) is 0 Å². The second kappa shape index (κ2) is 6.78. The van der Waals surface area contributed by atoms with Gasteiger partial charge in [-0.25, -0.2) is 0 Å². The molecule has 1 atom stereocenters. The average molecular weight is 331 g/mol. The van der Waals surface area contributed by atoms with Gasteiger partial charge >= 0.3 is 6.18 Å². The number of alkyl halides is 4. The second-order valence-electron chi connectivity index (χ2n) is 4.23. The van der Waals surface area contributed by atoms with Crippen molar-refractivity contribution in [2.24, 2.45) is 0 Å². The smallest absolute Gasteiger partial charge is 0.252 e. The molecule has 0 fully saturated rings. The van der Waals surface area contributed by atoms with E-state index in [1.807, 2.05) is 0 Å². The first-order chi connectivity index (χ1) is 9.15. The van der Waals surface area contributed by atoms with Crippen molar-refractivity contribution in [2.45, 2.75) is 25.6 Å². The Kier molecular flexibility index (Phi) is 5.85. The van der Waals surface area contributed by atoms with Crippen LogP contribution in [-0.4, -0.2) is 26.2 Å². The van der Waals surface area contributed by atoms with Gasteiger partial charge in [-0.3, -0.25) is 4.18 Å². The summed E-state index contributed by atoms with van der Waals surface area (Å²) in [4.78, 5) is 0. The summed E-state index contributed by atoms with van der Waals surface area (Å²) in [5, 5.41) is 0. The first kappa shape index (κ1) is 17.3. The van der Waals surface area contributed by atoms with E-state index in [4.69, 9.17) is 11.6 Å². The van der Waals surface area contributed by atoms with Gasteiger partial charge in [0.1, 0.15) is 0 Å². The highest BCUT2D eigenvalue weighted by Gasteiger charge is 2.44. The van der Waals surface area contributed by atoms with Gasteiger partial charge < -0.3 is 0 Å². The molecule has 0 saturated carbocycles. The first-order valence-corrected chi connectivity index (χ1v) is 7.87. The Labute approximate surface area is 120 Å². The van der Waals surface area contributed by atoms with Crippen molar-refractivity contribution in [1.82, 2.24) is 0 Å². The fourth-order valence-electron chi connectivity index (χ4n) is 1.47. The van der Waals surface area contributed by atoms with Crippen LogP contribution in [-0.2, 0) is 14.3 Å². The van der Waals surface area contributed by atoms with Crippen molar-refractivity contribution in [3.63, 3.8) is 0 Å². The topological polar surface area (TPSA) is 43.4 Å². The zero-order valence-electron chi connectivity index (χ0n) is 10.7. The van der Waals surface area contributed by atoms with Gasteiger partial charge in [-0.2, -0.15) is 21.6 Å². The van der Waals surface area contributed by atoms with Gasteiger partial charge in [-0.1, -0.05) is 29.8 Å². The fraction of sp³-hybridized carbons (Fsp3) is 0.500. The van der Waals surface area contributed by atoms with E-state index in [1.54, 1.807) is 6.92 Å². The van der Waals surface area contributed by atoms with Gasteiger partial charge in [0.2, 0.25) is 0 Å². The van der Waals surface area contributed by atoms with E-state index in [9.17, 15) is 21.6 Å². The van der Waals surface area contributed by atoms with Crippen LogP contribution in [0, 0.1) is 6.92 Å². The van der Waals surface area contributed by atoms with Gasteiger partial charge in [-0.05, 0) is 18.9 Å². The monoisotopic (exact) mass is 330 g/mol. The zero-order valence-corrected chi connectivity index (χ0v) is 12.2. The Morgan fingerprint density at radius 1 is 1.25 bits per heavy atom. The molecule has 0 aliphatic heterocycles. The lowest BCUT2D eigenvalue weighted by atomic mass is 10.1. The molecule has 0 aliphatic rings. The van der Waals surface area contributed by atoms with Crippen molar-refractivity contribution in [3.8, 4) is 0 Å². The largest absolute Gasteiger partial charge is 0.420 e. The standard InChI is InChI=1S/C12H14ClF3O3S/c1-9-3-5-10(6-4-9)11(12(14,15)16)19-20(17,18)8-2-7-13/h3-6,11H,2,7-8H2,1H3. The molecule has 0 spiro atoms. The maximum atomic E-state index is 12.9. The highest BCUT2D eigenvalue weighted by atomic mass is 35.5. The number of aryl methyl sites for hydroxylation is 1. The molecule has 0 bridgehead atoms. The third kappa shape index (κ3) is 5.30. The summed E-state index contributed by atoms with van der Waals surface area (Å²) in [5.74, 6) is -0.515. The van der Waals surface area contributed by atoms with Crippen molar-refractivity contribution < 1.29 is 25.8 Å². The number of hydrogen-bond acceptors (Lipinski definition) is 3. The summed E-state index contributed by atoms with van der Waals surface area (Å²) >= 11 is 5.33. The molecule has 8 heteroatoms. The van der Waals surface area contributed by atoms with Crippen LogP contribution in [0.1, 0.15) is 23.7 Å². The van der Waals surface area contributed by atoms with Crippen LogP contribution in [0.3, 0.4) is 0 Å². The van der Waals surface area contributed by atoms with Crippen LogP contribution >= 0.6 is 11.6 Å². The Balaban J connectivity index is 3.00. The summed E-state index contributed by atoms with van der Waals surface area (Å²) in [6, 6.07) is 5.32. The molecular weight excluding hydrogens is 317 g/mol. The highest BCUT2D eigenvalue weighted by Crippen LogP contribution is 2.37. The van der Waals surface area contributed by atoms with E-state index in [0.29, 0.717) is 0 Å². The average Bonchev–Trinajstić information content (AvgIpc) is 2.34. The molecule has 0 N–H and O–H groups in total. The Morgan fingerprint density at radius 3 is 2.25 bits per heavy atom. The van der Waals surface area contributed by atoms with Gasteiger partial charge in [0.15, 0.2) is 6.10 Å². The van der Waals surface area contributed by atoms with E-state index in [0.717, 1.165) is 5.56 Å². The zero-order chi connectivity index (χ0) is 15.4. The molecule has 0 heterocycles. The molecule has 0 radical (unpaired) electrons. The minimum atomic E-state index is -4.82. The van der Waals surface area contributed by atoms with Gasteiger partial charge in [0.05, 0.1) is 5.75 Å². The second-order valence-corrected chi connectivity index (χ2v) is 6.33. The quantitative estimate of drug-likeness (QED) is 0.591. The lowest BCUT2D eigenvalue weighted by molar-refractivity contribution is -0.196. The number of hydrogen-bond donors (Lipinski definition) is 0. The molecule has 0 saturated heterocycles. The van der Waals surface area contributed by atoms with E-state index in [1.165, 1.54) is 24.3 Å². The molecule has 20 heavy (non-hydrogen) atoms. The third-order valence-corrected chi connectivity index (χ3v) is 3.99. The normalized spacial score (nSPS) is 14.2. The molecule has 0 aliphatic carbocycles. The van der Waals surface area contributed by atoms with Crippen LogP contribution in [0.15, 0.2) is 24.3 Å². The Bertz CT molecular complexity index is 526. The van der Waals surface area contributed by atoms with Crippen LogP contribution in [0.2, 0.25) is 0 Å². The molecule has 1 aromatic carbocycles. The van der Waals surface area contributed by atoms with Gasteiger partial charge in [0, 0.05) is 5.88 Å². The highest BCUT2D eigenvalue weighted by molar-refractivity contribution is 7.86. The number of halogens is 4. The number of rotatable bonds is 6. The maximum absolute atomic E-state index is 12.9. The summed E-state index contributed by atoms with van der Waals surface area (Å²) in [7, 11) is -4.29. The van der Waals surface area contributed by atoms with Crippen molar-refractivity contribution in [2.75, 3.05) is 11.6 Å². The minimum absolute atomic E-state index is 0.0301. The maximum Gasteiger partial charge on any atom is 0.420 e. The molecule has 1 rings (SSSR count). The van der Waals surface area contributed by atoms with Crippen LogP contribution in [0.5, 0.6) is 0 Å². The predicted molar refractivity (Wildman–Crippen MR) is 70.2 cm³/mol. The lowest BCUT2D eigenvalue weighted by Crippen LogP contribution is -2.27. The summed E-state index contributed by atoms with van der Waals surface area (Å²) in [5.41, 5.74) is 0.511. The summed E-state index contributed by atoms with van der Waals surface area (Å²) in [6.45, 7) is 1.71. The van der Waals surface area contributed by atoms with Crippen molar-refractivity contribution in [3.05, 3.63) is 35.4 Å². The fourth-order valence-corrected chi connectivity index (χ4v) is 2.87. The van der Waals surface area contributed by atoms with Crippen LogP contribution < -0.4 is 0 Å². The summed E-state index contributed by atoms with van der Waals surface area (Å²) < 4.78 is 66.2. The van der Waals surface area contributed by atoms with Gasteiger partial charge in [0.25, 0.3) is 10.1 Å². The van der Waals surface area contributed by atoms with Crippen molar-refractivity contribution >= 4 is 21.7 Å². The van der Waals surface area contributed by atoms with E-state index in [-0.39, 0.29) is 17.9 Å². The van der Waals surface area contributed by atoms with Crippen LogP contribution in [0.4, 0.5) is 13.2 Å². The van der Waals surface area contributed by atoms with E-state index in [2.05, 4.69) is 4.18 Å². The molecule has 1 aromatic rings. The van der Waals surface area contributed by atoms with Crippen molar-refractivity contribution in [1.29, 1.82) is 0 Å². The molecule has 0 aromatic heterocycles. The molecule has 114 valence electrons. The molecule has 3 nitrogen and oxygen atoms in total. The third-order valence-electron chi connectivity index (χ3n) is 2.45. The minimum Gasteiger partial charge on any atom is -0.252 e.